The van der Waals surface area contributed by atoms with Gasteiger partial charge in [-0.05, 0) is 37.5 Å². The summed E-state index contributed by atoms with van der Waals surface area (Å²) in [6.07, 6.45) is 8.77. The minimum absolute atomic E-state index is 0.140. The fraction of sp³-hybridized carbons (Fsp3) is 1.00. The average Bonchev–Trinajstić information content (AvgIpc) is 2.79. The summed E-state index contributed by atoms with van der Waals surface area (Å²) in [4.78, 5) is 0. The second-order valence-corrected chi connectivity index (χ2v) is 6.13. The van der Waals surface area contributed by atoms with Gasteiger partial charge in [0, 0.05) is 24.7 Å². The van der Waals surface area contributed by atoms with E-state index in [1.54, 1.807) is 0 Å². The lowest BCUT2D eigenvalue weighted by Crippen LogP contribution is -2.61. The van der Waals surface area contributed by atoms with Crippen molar-refractivity contribution in [1.82, 2.24) is 5.32 Å². The first kappa shape index (κ1) is 13.3. The van der Waals surface area contributed by atoms with E-state index in [1.165, 1.54) is 44.9 Å². The minimum Gasteiger partial charge on any atom is -0.396 e. The quantitative estimate of drug-likeness (QED) is 0.700. The van der Waals surface area contributed by atoms with Crippen LogP contribution in [0, 0.1) is 11.8 Å². The van der Waals surface area contributed by atoms with Crippen LogP contribution in [0.3, 0.4) is 0 Å². The van der Waals surface area contributed by atoms with E-state index in [-0.39, 0.29) is 5.54 Å². The van der Waals surface area contributed by atoms with Crippen LogP contribution in [0.25, 0.3) is 0 Å². The molecule has 4 atom stereocenters. The van der Waals surface area contributed by atoms with E-state index >= 15 is 0 Å². The van der Waals surface area contributed by atoms with Gasteiger partial charge in [0.25, 0.3) is 0 Å². The summed E-state index contributed by atoms with van der Waals surface area (Å²) in [6, 6.07) is 0.490. The first-order chi connectivity index (χ1) is 8.22. The van der Waals surface area contributed by atoms with Gasteiger partial charge >= 0.3 is 0 Å². The van der Waals surface area contributed by atoms with E-state index in [9.17, 15) is 5.11 Å². The molecular weight excluding hydrogens is 212 g/mol. The number of hydrogen-bond donors (Lipinski definition) is 3. The number of aliphatic hydroxyl groups is 1. The summed E-state index contributed by atoms with van der Waals surface area (Å²) in [7, 11) is 0. The highest BCUT2D eigenvalue weighted by Gasteiger charge is 2.40. The molecule has 2 aliphatic carbocycles. The maximum Gasteiger partial charge on any atom is 0.0474 e. The van der Waals surface area contributed by atoms with Crippen LogP contribution in [0.4, 0.5) is 0 Å². The Labute approximate surface area is 105 Å². The first-order valence-electron chi connectivity index (χ1n) is 7.30. The van der Waals surface area contributed by atoms with Crippen molar-refractivity contribution in [2.24, 2.45) is 17.6 Å². The molecule has 100 valence electrons. The standard InChI is InChI=1S/C14H28N2O/c1-11-5-2-3-8-14(11,10-15)16-13-7-4-6-12(13)9-17/h11-13,16-17H,2-10,15H2,1H3. The van der Waals surface area contributed by atoms with Crippen molar-refractivity contribution in [3.8, 4) is 0 Å². The third-order valence-corrected chi connectivity index (χ3v) is 5.18. The Kier molecular flexibility index (Phi) is 4.45. The summed E-state index contributed by atoms with van der Waals surface area (Å²) >= 11 is 0. The maximum absolute atomic E-state index is 9.42. The van der Waals surface area contributed by atoms with Gasteiger partial charge in [-0.2, -0.15) is 0 Å². The monoisotopic (exact) mass is 240 g/mol. The lowest BCUT2D eigenvalue weighted by molar-refractivity contribution is 0.117. The van der Waals surface area contributed by atoms with Crippen molar-refractivity contribution in [1.29, 1.82) is 0 Å². The second kappa shape index (κ2) is 5.68. The summed E-state index contributed by atoms with van der Waals surface area (Å²) in [5.74, 6) is 1.12. The van der Waals surface area contributed by atoms with Crippen molar-refractivity contribution in [2.75, 3.05) is 13.2 Å². The fourth-order valence-corrected chi connectivity index (χ4v) is 3.80. The fourth-order valence-electron chi connectivity index (χ4n) is 3.80. The molecule has 0 amide bonds. The molecule has 2 saturated carbocycles. The molecule has 4 N–H and O–H groups in total. The average molecular weight is 240 g/mol. The smallest absolute Gasteiger partial charge is 0.0474 e. The highest BCUT2D eigenvalue weighted by Crippen LogP contribution is 2.36. The van der Waals surface area contributed by atoms with Gasteiger partial charge in [-0.3, -0.25) is 0 Å². The number of nitrogens with two attached hydrogens (primary N) is 1. The Morgan fingerprint density at radius 1 is 1.24 bits per heavy atom. The van der Waals surface area contributed by atoms with Gasteiger partial charge < -0.3 is 16.2 Å². The zero-order valence-electron chi connectivity index (χ0n) is 11.1. The van der Waals surface area contributed by atoms with Crippen LogP contribution in [0.1, 0.15) is 51.9 Å². The molecule has 0 spiro atoms. The normalized spacial score (nSPS) is 42.9. The Bertz CT molecular complexity index is 246. The molecule has 0 bridgehead atoms. The molecule has 0 aromatic carbocycles. The van der Waals surface area contributed by atoms with E-state index in [0.717, 1.165) is 6.54 Å². The van der Waals surface area contributed by atoms with Crippen LogP contribution < -0.4 is 11.1 Å². The van der Waals surface area contributed by atoms with Gasteiger partial charge in [0.1, 0.15) is 0 Å². The Morgan fingerprint density at radius 3 is 2.71 bits per heavy atom. The third-order valence-electron chi connectivity index (χ3n) is 5.18. The van der Waals surface area contributed by atoms with Crippen molar-refractivity contribution >= 4 is 0 Å². The van der Waals surface area contributed by atoms with Crippen LogP contribution in [0.15, 0.2) is 0 Å². The van der Waals surface area contributed by atoms with Gasteiger partial charge in [0.2, 0.25) is 0 Å². The van der Waals surface area contributed by atoms with Crippen LogP contribution in [0.2, 0.25) is 0 Å². The zero-order valence-corrected chi connectivity index (χ0v) is 11.1. The molecule has 3 nitrogen and oxygen atoms in total. The van der Waals surface area contributed by atoms with Gasteiger partial charge in [-0.15, -0.1) is 0 Å². The zero-order chi connectivity index (χ0) is 12.3. The molecular formula is C14H28N2O. The first-order valence-corrected chi connectivity index (χ1v) is 7.30. The molecule has 0 saturated heterocycles. The molecule has 2 aliphatic rings. The topological polar surface area (TPSA) is 58.3 Å². The third kappa shape index (κ3) is 2.67. The van der Waals surface area contributed by atoms with E-state index < -0.39 is 0 Å². The van der Waals surface area contributed by atoms with Gasteiger partial charge in [-0.1, -0.05) is 26.2 Å². The van der Waals surface area contributed by atoms with Crippen molar-refractivity contribution in [3.63, 3.8) is 0 Å². The summed E-state index contributed by atoms with van der Waals surface area (Å²) < 4.78 is 0. The predicted molar refractivity (Wildman–Crippen MR) is 70.8 cm³/mol. The Morgan fingerprint density at radius 2 is 2.06 bits per heavy atom. The van der Waals surface area contributed by atoms with Crippen LogP contribution in [0.5, 0.6) is 0 Å². The molecule has 3 heteroatoms. The van der Waals surface area contributed by atoms with E-state index in [2.05, 4.69) is 12.2 Å². The summed E-state index contributed by atoms with van der Waals surface area (Å²) in [6.45, 7) is 3.40. The van der Waals surface area contributed by atoms with Crippen LogP contribution >= 0.6 is 0 Å². The highest BCUT2D eigenvalue weighted by atomic mass is 16.3. The number of aliphatic hydroxyl groups excluding tert-OH is 1. The summed E-state index contributed by atoms with van der Waals surface area (Å²) in [5, 5.41) is 13.3. The largest absolute Gasteiger partial charge is 0.396 e. The maximum atomic E-state index is 9.42. The molecule has 2 rings (SSSR count). The molecule has 0 aromatic rings. The molecule has 0 aliphatic heterocycles. The van der Waals surface area contributed by atoms with Gasteiger partial charge in [0.05, 0.1) is 0 Å². The SMILES string of the molecule is CC1CCCCC1(CN)NC1CCCC1CO. The van der Waals surface area contributed by atoms with Crippen molar-refractivity contribution in [2.45, 2.75) is 63.5 Å². The Hall–Kier alpha value is -0.120. The molecule has 17 heavy (non-hydrogen) atoms. The summed E-state index contributed by atoms with van der Waals surface area (Å²) in [5.41, 5.74) is 6.21. The van der Waals surface area contributed by atoms with Gasteiger partial charge in [-0.25, -0.2) is 0 Å². The lowest BCUT2D eigenvalue weighted by Gasteiger charge is -2.45. The lowest BCUT2D eigenvalue weighted by atomic mass is 9.73. The van der Waals surface area contributed by atoms with Gasteiger partial charge in [0.15, 0.2) is 0 Å². The molecule has 0 radical (unpaired) electrons. The second-order valence-electron chi connectivity index (χ2n) is 6.13. The Balaban J connectivity index is 2.02. The highest BCUT2D eigenvalue weighted by molar-refractivity contribution is 5.00. The van der Waals surface area contributed by atoms with Crippen molar-refractivity contribution in [3.05, 3.63) is 0 Å². The van der Waals surface area contributed by atoms with E-state index in [1.807, 2.05) is 0 Å². The number of hydrogen-bond acceptors (Lipinski definition) is 3. The molecule has 0 aromatic heterocycles. The van der Waals surface area contributed by atoms with Crippen molar-refractivity contribution < 1.29 is 5.11 Å². The molecule has 4 unspecified atom stereocenters. The number of rotatable bonds is 4. The molecule has 0 heterocycles. The predicted octanol–water partition coefficient (Wildman–Crippen LogP) is 1.64. The molecule has 2 fully saturated rings. The van der Waals surface area contributed by atoms with Crippen LogP contribution in [-0.4, -0.2) is 29.8 Å². The minimum atomic E-state index is 0.140. The van der Waals surface area contributed by atoms with E-state index in [4.69, 9.17) is 5.73 Å². The van der Waals surface area contributed by atoms with E-state index in [0.29, 0.717) is 24.5 Å². The number of nitrogens with one attached hydrogen (secondary N) is 1. The van der Waals surface area contributed by atoms with Crippen LogP contribution in [-0.2, 0) is 0 Å².